The fourth-order valence-electron chi connectivity index (χ4n) is 3.36. The van der Waals surface area contributed by atoms with Crippen molar-refractivity contribution in [1.29, 1.82) is 0 Å². The first-order valence-corrected chi connectivity index (χ1v) is 8.30. The van der Waals surface area contributed by atoms with E-state index in [1.165, 1.54) is 25.7 Å². The zero-order valence-corrected chi connectivity index (χ0v) is 13.2. The van der Waals surface area contributed by atoms with Gasteiger partial charge in [0.2, 0.25) is 5.91 Å². The molecule has 0 aromatic carbocycles. The van der Waals surface area contributed by atoms with E-state index >= 15 is 0 Å². The lowest BCUT2D eigenvalue weighted by atomic mass is 10.0. The third kappa shape index (κ3) is 3.95. The number of nitrogens with zero attached hydrogens (tertiary/aromatic N) is 1. The molecule has 1 heterocycles. The van der Waals surface area contributed by atoms with Crippen LogP contribution in [-0.2, 0) is 9.53 Å². The molecule has 4 heteroatoms. The van der Waals surface area contributed by atoms with Crippen molar-refractivity contribution in [3.8, 4) is 0 Å². The van der Waals surface area contributed by atoms with Gasteiger partial charge in [-0.1, -0.05) is 33.6 Å². The third-order valence-electron chi connectivity index (χ3n) is 4.43. The molecule has 0 aromatic rings. The van der Waals surface area contributed by atoms with E-state index in [0.29, 0.717) is 18.6 Å². The van der Waals surface area contributed by atoms with Crippen LogP contribution in [0.2, 0.25) is 0 Å². The van der Waals surface area contributed by atoms with Crippen LogP contribution < -0.4 is 5.32 Å². The van der Waals surface area contributed by atoms with E-state index in [1.807, 2.05) is 4.90 Å². The highest BCUT2D eigenvalue weighted by molar-refractivity contribution is 5.84. The lowest BCUT2D eigenvalue weighted by molar-refractivity contribution is -0.131. The Labute approximate surface area is 123 Å². The van der Waals surface area contributed by atoms with Gasteiger partial charge in [0.1, 0.15) is 0 Å². The van der Waals surface area contributed by atoms with Crippen LogP contribution in [0.5, 0.6) is 0 Å². The van der Waals surface area contributed by atoms with Crippen molar-refractivity contribution in [3.63, 3.8) is 0 Å². The highest BCUT2D eigenvalue weighted by Crippen LogP contribution is 2.22. The van der Waals surface area contributed by atoms with Crippen molar-refractivity contribution in [1.82, 2.24) is 10.2 Å². The van der Waals surface area contributed by atoms with E-state index in [0.717, 1.165) is 19.4 Å². The summed E-state index contributed by atoms with van der Waals surface area (Å²) in [4.78, 5) is 14.4. The van der Waals surface area contributed by atoms with Crippen LogP contribution in [0.1, 0.15) is 59.3 Å². The molecule has 2 fully saturated rings. The van der Waals surface area contributed by atoms with Crippen molar-refractivity contribution in [3.05, 3.63) is 0 Å². The largest absolute Gasteiger partial charge is 0.376 e. The average molecular weight is 282 g/mol. The van der Waals surface area contributed by atoms with Crippen LogP contribution in [0.25, 0.3) is 0 Å². The second kappa shape index (κ2) is 7.41. The van der Waals surface area contributed by atoms with Gasteiger partial charge in [0, 0.05) is 6.54 Å². The van der Waals surface area contributed by atoms with Crippen molar-refractivity contribution in [2.45, 2.75) is 77.6 Å². The van der Waals surface area contributed by atoms with Gasteiger partial charge >= 0.3 is 0 Å². The molecule has 2 unspecified atom stereocenters. The molecule has 1 saturated heterocycles. The Bertz CT molecular complexity index is 314. The molecule has 2 aliphatic rings. The highest BCUT2D eigenvalue weighted by Gasteiger charge is 2.37. The number of carbonyl (C=O) groups excluding carboxylic acids is 1. The molecule has 1 aliphatic heterocycles. The highest BCUT2D eigenvalue weighted by atomic mass is 16.5. The molecular weight excluding hydrogens is 252 g/mol. The van der Waals surface area contributed by atoms with Crippen LogP contribution >= 0.6 is 0 Å². The summed E-state index contributed by atoms with van der Waals surface area (Å²) in [6, 6.07) is 0.00595. The van der Waals surface area contributed by atoms with Gasteiger partial charge in [-0.15, -0.1) is 0 Å². The van der Waals surface area contributed by atoms with E-state index in [-0.39, 0.29) is 18.1 Å². The molecule has 2 rings (SSSR count). The first kappa shape index (κ1) is 15.8. The predicted molar refractivity (Wildman–Crippen MR) is 80.4 cm³/mol. The summed E-state index contributed by atoms with van der Waals surface area (Å²) in [7, 11) is 0. The Balaban J connectivity index is 1.80. The Morgan fingerprint density at radius 2 is 2.05 bits per heavy atom. The second-order valence-electron chi connectivity index (χ2n) is 6.58. The molecule has 116 valence electrons. The summed E-state index contributed by atoms with van der Waals surface area (Å²) in [6.45, 7) is 7.88. The van der Waals surface area contributed by atoms with Gasteiger partial charge in [0.05, 0.1) is 24.9 Å². The van der Waals surface area contributed by atoms with E-state index < -0.39 is 0 Å². The van der Waals surface area contributed by atoms with Crippen LogP contribution in [0.15, 0.2) is 0 Å². The molecule has 20 heavy (non-hydrogen) atoms. The number of hydrogen-bond donors (Lipinski definition) is 1. The summed E-state index contributed by atoms with van der Waals surface area (Å²) in [5, 5.41) is 3.47. The molecule has 1 saturated carbocycles. The van der Waals surface area contributed by atoms with Gasteiger partial charge in [-0.05, 0) is 31.6 Å². The lowest BCUT2D eigenvalue weighted by Gasteiger charge is -2.23. The molecule has 1 aliphatic carbocycles. The summed E-state index contributed by atoms with van der Waals surface area (Å²) in [5.74, 6) is 0.809. The van der Waals surface area contributed by atoms with Gasteiger partial charge in [0.15, 0.2) is 0 Å². The fraction of sp³-hybridized carbons (Fsp3) is 0.938. The molecule has 0 aromatic heterocycles. The number of hydrogen-bond acceptors (Lipinski definition) is 3. The summed E-state index contributed by atoms with van der Waals surface area (Å²) >= 11 is 0. The van der Waals surface area contributed by atoms with Crippen LogP contribution in [0, 0.1) is 5.92 Å². The Hall–Kier alpha value is -0.610. The minimum absolute atomic E-state index is 0.00595. The van der Waals surface area contributed by atoms with Crippen LogP contribution in [-0.4, -0.2) is 42.3 Å². The van der Waals surface area contributed by atoms with E-state index in [4.69, 9.17) is 4.74 Å². The van der Waals surface area contributed by atoms with Crippen molar-refractivity contribution in [2.75, 3.05) is 13.2 Å². The fourth-order valence-corrected chi connectivity index (χ4v) is 3.36. The van der Waals surface area contributed by atoms with Gasteiger partial charge in [-0.25, -0.2) is 0 Å². The van der Waals surface area contributed by atoms with Gasteiger partial charge in [-0.3, -0.25) is 10.1 Å². The van der Waals surface area contributed by atoms with Crippen LogP contribution in [0.3, 0.4) is 0 Å². The Kier molecular flexibility index (Phi) is 5.85. The van der Waals surface area contributed by atoms with Crippen molar-refractivity contribution < 1.29 is 9.53 Å². The van der Waals surface area contributed by atoms with Crippen molar-refractivity contribution in [2.24, 2.45) is 5.92 Å². The number of amides is 1. The second-order valence-corrected chi connectivity index (χ2v) is 6.58. The summed E-state index contributed by atoms with van der Waals surface area (Å²) in [5.41, 5.74) is 0. The first-order valence-electron chi connectivity index (χ1n) is 8.30. The lowest BCUT2D eigenvalue weighted by Crippen LogP contribution is -2.39. The number of carbonyl (C=O) groups is 1. The molecular formula is C16H30N2O2. The average Bonchev–Trinajstić information content (AvgIpc) is 3.01. The maximum Gasteiger partial charge on any atom is 0.241 e. The van der Waals surface area contributed by atoms with Crippen LogP contribution in [0.4, 0.5) is 0 Å². The third-order valence-corrected chi connectivity index (χ3v) is 4.43. The maximum atomic E-state index is 12.4. The Morgan fingerprint density at radius 1 is 1.35 bits per heavy atom. The SMILES string of the molecule is CCC1NC(CC(C)C)C(=O)N1CCOC1CCCC1. The number of ether oxygens (including phenoxy) is 1. The molecule has 0 spiro atoms. The van der Waals surface area contributed by atoms with Gasteiger partial charge in [0.25, 0.3) is 0 Å². The normalized spacial score (nSPS) is 28.0. The molecule has 0 bridgehead atoms. The predicted octanol–water partition coefficient (Wildman–Crippen LogP) is 2.53. The summed E-state index contributed by atoms with van der Waals surface area (Å²) < 4.78 is 5.90. The van der Waals surface area contributed by atoms with Gasteiger partial charge in [-0.2, -0.15) is 0 Å². The first-order chi connectivity index (χ1) is 9.61. The van der Waals surface area contributed by atoms with E-state index in [9.17, 15) is 4.79 Å². The standard InChI is InChI=1S/C16H30N2O2/c1-4-15-17-14(11-12(2)3)16(19)18(15)9-10-20-13-7-5-6-8-13/h12-15,17H,4-11H2,1-3H3. The monoisotopic (exact) mass is 282 g/mol. The molecule has 1 amide bonds. The quantitative estimate of drug-likeness (QED) is 0.780. The minimum atomic E-state index is 0.00595. The zero-order valence-electron chi connectivity index (χ0n) is 13.2. The van der Waals surface area contributed by atoms with E-state index in [2.05, 4.69) is 26.1 Å². The smallest absolute Gasteiger partial charge is 0.241 e. The Morgan fingerprint density at radius 3 is 2.65 bits per heavy atom. The topological polar surface area (TPSA) is 41.6 Å². The molecule has 0 radical (unpaired) electrons. The summed E-state index contributed by atoms with van der Waals surface area (Å²) in [6.07, 6.45) is 7.49. The number of rotatable bonds is 7. The minimum Gasteiger partial charge on any atom is -0.376 e. The molecule has 2 atom stereocenters. The van der Waals surface area contributed by atoms with Crippen molar-refractivity contribution >= 4 is 5.91 Å². The maximum absolute atomic E-state index is 12.4. The number of nitrogens with one attached hydrogen (secondary N) is 1. The molecule has 4 nitrogen and oxygen atoms in total. The molecule has 1 N–H and O–H groups in total. The van der Waals surface area contributed by atoms with E-state index in [1.54, 1.807) is 0 Å². The zero-order chi connectivity index (χ0) is 14.5. The van der Waals surface area contributed by atoms with Gasteiger partial charge < -0.3 is 9.64 Å².